The number of hydrogen-bond donors (Lipinski definition) is 0. The highest BCUT2D eigenvalue weighted by Gasteiger charge is 2.43. The zero-order chi connectivity index (χ0) is 14.9. The second-order valence-corrected chi connectivity index (χ2v) is 5.44. The largest absolute Gasteiger partial charge is 0.472 e. The highest BCUT2D eigenvalue weighted by Crippen LogP contribution is 2.26. The van der Waals surface area contributed by atoms with Crippen LogP contribution in [0.25, 0.3) is 0 Å². The second-order valence-electron chi connectivity index (χ2n) is 5.44. The van der Waals surface area contributed by atoms with E-state index in [2.05, 4.69) is 14.9 Å². The summed E-state index contributed by atoms with van der Waals surface area (Å²) in [4.78, 5) is 25.0. The summed E-state index contributed by atoms with van der Waals surface area (Å²) in [7, 11) is 0. The number of morpholine rings is 1. The van der Waals surface area contributed by atoms with Gasteiger partial charge in [0.05, 0.1) is 30.6 Å². The minimum atomic E-state index is -0.0271. The van der Waals surface area contributed by atoms with E-state index in [0.29, 0.717) is 31.2 Å². The summed E-state index contributed by atoms with van der Waals surface area (Å²) in [6, 6.07) is 3.57. The van der Waals surface area contributed by atoms with Gasteiger partial charge in [-0.1, -0.05) is 0 Å². The third-order valence-electron chi connectivity index (χ3n) is 4.17. The molecule has 0 radical (unpaired) electrons. The van der Waals surface area contributed by atoms with Crippen molar-refractivity contribution in [3.8, 4) is 0 Å². The Balaban J connectivity index is 1.55. The molecule has 2 aromatic heterocycles. The summed E-state index contributed by atoms with van der Waals surface area (Å²) in [5, 5.41) is 0. The maximum atomic E-state index is 12.5. The molecule has 114 valence electrons. The lowest BCUT2D eigenvalue weighted by atomic mass is 10.1. The van der Waals surface area contributed by atoms with Crippen molar-refractivity contribution in [2.45, 2.75) is 12.1 Å². The summed E-state index contributed by atoms with van der Waals surface area (Å²) in [6.45, 7) is 2.54. The van der Waals surface area contributed by atoms with Crippen molar-refractivity contribution in [1.82, 2.24) is 14.9 Å². The Morgan fingerprint density at radius 3 is 2.91 bits per heavy atom. The van der Waals surface area contributed by atoms with Crippen molar-refractivity contribution in [1.29, 1.82) is 0 Å². The predicted molar refractivity (Wildman–Crippen MR) is 77.5 cm³/mol. The molecule has 0 saturated carbocycles. The van der Waals surface area contributed by atoms with Crippen molar-refractivity contribution in [3.63, 3.8) is 0 Å². The van der Waals surface area contributed by atoms with Gasteiger partial charge in [-0.2, -0.15) is 0 Å². The van der Waals surface area contributed by atoms with Crippen LogP contribution in [-0.4, -0.2) is 59.2 Å². The van der Waals surface area contributed by atoms with E-state index in [1.165, 1.54) is 12.5 Å². The summed E-state index contributed by atoms with van der Waals surface area (Å²) < 4.78 is 10.8. The molecule has 0 unspecified atom stereocenters. The van der Waals surface area contributed by atoms with Crippen LogP contribution in [0, 0.1) is 0 Å². The molecule has 2 aromatic rings. The first kappa shape index (κ1) is 13.3. The average Bonchev–Trinajstić information content (AvgIpc) is 3.24. The highest BCUT2D eigenvalue weighted by molar-refractivity contribution is 5.94. The third-order valence-corrected chi connectivity index (χ3v) is 4.17. The number of likely N-dealkylation sites (tertiary alicyclic amines) is 1. The Kier molecular flexibility index (Phi) is 3.27. The Bertz CT molecular complexity index is 646. The van der Waals surface area contributed by atoms with E-state index in [0.717, 1.165) is 6.54 Å². The molecule has 0 aliphatic carbocycles. The molecule has 7 nitrogen and oxygen atoms in total. The molecule has 0 N–H and O–H groups in total. The Morgan fingerprint density at radius 2 is 2.14 bits per heavy atom. The van der Waals surface area contributed by atoms with E-state index in [9.17, 15) is 4.79 Å². The highest BCUT2D eigenvalue weighted by atomic mass is 16.5. The number of anilines is 1. The van der Waals surface area contributed by atoms with Crippen LogP contribution in [0.4, 0.5) is 5.95 Å². The van der Waals surface area contributed by atoms with E-state index >= 15 is 0 Å². The van der Waals surface area contributed by atoms with Crippen LogP contribution in [0.1, 0.15) is 10.4 Å². The minimum Gasteiger partial charge on any atom is -0.472 e. The summed E-state index contributed by atoms with van der Waals surface area (Å²) in [5.74, 6) is 0.666. The lowest BCUT2D eigenvalue weighted by Crippen LogP contribution is -2.51. The number of rotatable bonds is 2. The van der Waals surface area contributed by atoms with Crippen molar-refractivity contribution in [2.24, 2.45) is 0 Å². The number of ether oxygens (including phenoxy) is 1. The standard InChI is InChI=1S/C15H16N4O3/c20-14(11-2-6-21-10-11)18-8-12-13(9-18)22-7-5-19(12)15-16-3-1-4-17-15/h1-4,6,10,12-13H,5,7-9H2/t12-,13+/m1/s1. The molecule has 4 rings (SSSR count). The van der Waals surface area contributed by atoms with Gasteiger partial charge in [0.15, 0.2) is 0 Å². The van der Waals surface area contributed by atoms with Gasteiger partial charge in [0.25, 0.3) is 5.91 Å². The lowest BCUT2D eigenvalue weighted by Gasteiger charge is -2.36. The van der Waals surface area contributed by atoms with Gasteiger partial charge in [-0.05, 0) is 12.1 Å². The fourth-order valence-electron chi connectivity index (χ4n) is 3.11. The zero-order valence-electron chi connectivity index (χ0n) is 12.0. The fourth-order valence-corrected chi connectivity index (χ4v) is 3.11. The van der Waals surface area contributed by atoms with Gasteiger partial charge in [0.2, 0.25) is 5.95 Å². The molecule has 7 heteroatoms. The van der Waals surface area contributed by atoms with Crippen LogP contribution < -0.4 is 4.90 Å². The average molecular weight is 300 g/mol. The van der Waals surface area contributed by atoms with Gasteiger partial charge in [-0.3, -0.25) is 4.79 Å². The molecule has 2 aliphatic rings. The molecule has 2 saturated heterocycles. The maximum absolute atomic E-state index is 12.5. The first-order valence-electron chi connectivity index (χ1n) is 7.29. The zero-order valence-corrected chi connectivity index (χ0v) is 12.0. The number of carbonyl (C=O) groups is 1. The van der Waals surface area contributed by atoms with E-state index in [-0.39, 0.29) is 18.1 Å². The summed E-state index contributed by atoms with van der Waals surface area (Å²) in [5.41, 5.74) is 0.571. The monoisotopic (exact) mass is 300 g/mol. The van der Waals surface area contributed by atoms with Crippen LogP contribution in [0.15, 0.2) is 41.5 Å². The second kappa shape index (κ2) is 5.42. The number of nitrogens with zero attached hydrogens (tertiary/aromatic N) is 4. The topological polar surface area (TPSA) is 71.7 Å². The number of carbonyl (C=O) groups excluding carboxylic acids is 1. The third kappa shape index (κ3) is 2.23. The van der Waals surface area contributed by atoms with Gasteiger partial charge in [0.1, 0.15) is 6.26 Å². The first-order chi connectivity index (χ1) is 10.8. The molecule has 1 amide bonds. The van der Waals surface area contributed by atoms with Gasteiger partial charge in [-0.15, -0.1) is 0 Å². The van der Waals surface area contributed by atoms with E-state index in [1.54, 1.807) is 29.4 Å². The Hall–Kier alpha value is -2.41. The van der Waals surface area contributed by atoms with Crippen molar-refractivity contribution in [3.05, 3.63) is 42.6 Å². The van der Waals surface area contributed by atoms with E-state index < -0.39 is 0 Å². The van der Waals surface area contributed by atoms with Crippen molar-refractivity contribution >= 4 is 11.9 Å². The summed E-state index contributed by atoms with van der Waals surface area (Å²) in [6.07, 6.45) is 6.44. The maximum Gasteiger partial charge on any atom is 0.257 e. The van der Waals surface area contributed by atoms with Gasteiger partial charge in [-0.25, -0.2) is 9.97 Å². The van der Waals surface area contributed by atoms with Crippen molar-refractivity contribution in [2.75, 3.05) is 31.1 Å². The smallest absolute Gasteiger partial charge is 0.257 e. The van der Waals surface area contributed by atoms with Crippen LogP contribution in [0.2, 0.25) is 0 Å². The molecule has 0 spiro atoms. The predicted octanol–water partition coefficient (Wildman–Crippen LogP) is 0.799. The fraction of sp³-hybridized carbons (Fsp3) is 0.400. The number of amides is 1. The molecule has 0 aromatic carbocycles. The van der Waals surface area contributed by atoms with Gasteiger partial charge >= 0.3 is 0 Å². The number of fused-ring (bicyclic) bond motifs is 1. The molecule has 2 fully saturated rings. The number of aromatic nitrogens is 2. The molecular weight excluding hydrogens is 284 g/mol. The molecule has 2 aliphatic heterocycles. The summed E-state index contributed by atoms with van der Waals surface area (Å²) >= 11 is 0. The first-order valence-corrected chi connectivity index (χ1v) is 7.29. The van der Waals surface area contributed by atoms with E-state index in [4.69, 9.17) is 9.15 Å². The number of hydrogen-bond acceptors (Lipinski definition) is 6. The molecule has 22 heavy (non-hydrogen) atoms. The molecular formula is C15H16N4O3. The van der Waals surface area contributed by atoms with Crippen LogP contribution >= 0.6 is 0 Å². The molecule has 0 bridgehead atoms. The molecule has 4 heterocycles. The molecule has 2 atom stereocenters. The quantitative estimate of drug-likeness (QED) is 0.817. The van der Waals surface area contributed by atoms with E-state index in [1.807, 2.05) is 0 Å². The van der Waals surface area contributed by atoms with Crippen LogP contribution in [0.5, 0.6) is 0 Å². The van der Waals surface area contributed by atoms with Gasteiger partial charge < -0.3 is 19.0 Å². The normalized spacial score (nSPS) is 24.4. The van der Waals surface area contributed by atoms with Crippen LogP contribution in [-0.2, 0) is 4.74 Å². The number of furan rings is 1. The Labute approximate surface area is 127 Å². The lowest BCUT2D eigenvalue weighted by molar-refractivity contribution is 0.0296. The minimum absolute atomic E-state index is 0.00610. The van der Waals surface area contributed by atoms with Gasteiger partial charge in [0, 0.05) is 32.0 Å². The van der Waals surface area contributed by atoms with Crippen LogP contribution in [0.3, 0.4) is 0 Å². The SMILES string of the molecule is O=C(c1ccoc1)N1C[C@@H]2OCCN(c3ncccn3)[C@@H]2C1. The van der Waals surface area contributed by atoms with Crippen molar-refractivity contribution < 1.29 is 13.9 Å². The Morgan fingerprint density at radius 1 is 1.27 bits per heavy atom.